The molecule has 0 radical (unpaired) electrons. The van der Waals surface area contributed by atoms with Gasteiger partial charge in [-0.1, -0.05) is 68.3 Å². The van der Waals surface area contributed by atoms with Gasteiger partial charge in [-0.15, -0.1) is 0 Å². The number of likely N-dealkylation sites (tertiary alicyclic amines) is 1. The molecule has 3 heterocycles. The number of ether oxygens (including phenoxy) is 2. The van der Waals surface area contributed by atoms with E-state index in [9.17, 15) is 14.4 Å². The van der Waals surface area contributed by atoms with E-state index in [2.05, 4.69) is 17.6 Å². The number of anilines is 1. The summed E-state index contributed by atoms with van der Waals surface area (Å²) in [6.45, 7) is 4.11. The summed E-state index contributed by atoms with van der Waals surface area (Å²) < 4.78 is 11.8. The Labute approximate surface area is 235 Å². The van der Waals surface area contributed by atoms with Crippen molar-refractivity contribution in [2.24, 2.45) is 17.8 Å². The van der Waals surface area contributed by atoms with E-state index < -0.39 is 29.6 Å². The largest absolute Gasteiger partial charge is 0.497 e. The Bertz CT molecular complexity index is 1330. The molecule has 8 nitrogen and oxygen atoms in total. The number of hydrogen-bond acceptors (Lipinski definition) is 5. The molecule has 2 bridgehead atoms. The van der Waals surface area contributed by atoms with Crippen molar-refractivity contribution in [3.8, 4) is 5.75 Å². The van der Waals surface area contributed by atoms with Crippen LogP contribution in [0.1, 0.15) is 51.1 Å². The van der Waals surface area contributed by atoms with Crippen molar-refractivity contribution in [2.45, 2.75) is 69.4 Å². The van der Waals surface area contributed by atoms with E-state index in [4.69, 9.17) is 9.47 Å². The minimum absolute atomic E-state index is 0.0513. The van der Waals surface area contributed by atoms with Crippen molar-refractivity contribution in [1.82, 2.24) is 10.2 Å². The van der Waals surface area contributed by atoms with Crippen LogP contribution in [0, 0.1) is 17.8 Å². The first-order chi connectivity index (χ1) is 19.3. The van der Waals surface area contributed by atoms with E-state index >= 15 is 0 Å². The average molecular weight is 544 g/mol. The van der Waals surface area contributed by atoms with Gasteiger partial charge >= 0.3 is 0 Å². The summed E-state index contributed by atoms with van der Waals surface area (Å²) in [7, 11) is 1.57. The van der Waals surface area contributed by atoms with Crippen molar-refractivity contribution < 1.29 is 23.9 Å². The molecular formula is C32H37N3O5. The van der Waals surface area contributed by atoms with Crippen molar-refractivity contribution in [3.63, 3.8) is 0 Å². The fraction of sp³-hybridized carbons (Fsp3) is 0.469. The summed E-state index contributed by atoms with van der Waals surface area (Å²) in [6.07, 6.45) is 7.35. The molecule has 4 aliphatic rings. The number of nitrogens with zero attached hydrogens (tertiary/aromatic N) is 1. The number of nitrogens with one attached hydrogen (secondary N) is 2. The van der Waals surface area contributed by atoms with Gasteiger partial charge in [0.2, 0.25) is 17.7 Å². The summed E-state index contributed by atoms with van der Waals surface area (Å²) in [5, 5.41) is 6.25. The highest BCUT2D eigenvalue weighted by molar-refractivity contribution is 6.03. The lowest BCUT2D eigenvalue weighted by Gasteiger charge is -2.38. The van der Waals surface area contributed by atoms with Crippen LogP contribution in [0.3, 0.4) is 0 Å². The van der Waals surface area contributed by atoms with E-state index in [-0.39, 0.29) is 29.8 Å². The average Bonchev–Trinajstić information content (AvgIpc) is 3.61. The lowest BCUT2D eigenvalue weighted by Crippen LogP contribution is -2.57. The lowest BCUT2D eigenvalue weighted by atomic mass is 9.74. The van der Waals surface area contributed by atoms with Gasteiger partial charge < -0.3 is 25.0 Å². The van der Waals surface area contributed by atoms with Gasteiger partial charge in [-0.2, -0.15) is 0 Å². The molecular weight excluding hydrogens is 506 g/mol. The van der Waals surface area contributed by atoms with Gasteiger partial charge in [0.15, 0.2) is 0 Å². The van der Waals surface area contributed by atoms with Crippen LogP contribution < -0.4 is 15.4 Å². The van der Waals surface area contributed by atoms with E-state index in [0.717, 1.165) is 31.2 Å². The van der Waals surface area contributed by atoms with Crippen LogP contribution in [-0.2, 0) is 19.1 Å². The maximum Gasteiger partial charge on any atom is 0.246 e. The van der Waals surface area contributed by atoms with Crippen molar-refractivity contribution in [2.75, 3.05) is 12.4 Å². The Balaban J connectivity index is 1.35. The zero-order chi connectivity index (χ0) is 28.0. The minimum Gasteiger partial charge on any atom is -0.497 e. The second-order valence-corrected chi connectivity index (χ2v) is 11.6. The molecule has 2 aromatic carbocycles. The molecule has 1 spiro atoms. The second-order valence-electron chi connectivity index (χ2n) is 11.6. The van der Waals surface area contributed by atoms with Crippen LogP contribution in [-0.4, -0.2) is 53.5 Å². The first-order valence-corrected chi connectivity index (χ1v) is 14.3. The third kappa shape index (κ3) is 4.29. The number of hydrogen-bond donors (Lipinski definition) is 2. The number of rotatable bonds is 7. The van der Waals surface area contributed by atoms with Gasteiger partial charge in [-0.05, 0) is 43.4 Å². The Morgan fingerprint density at radius 1 is 1.07 bits per heavy atom. The van der Waals surface area contributed by atoms with Crippen molar-refractivity contribution in [3.05, 3.63) is 72.3 Å². The lowest BCUT2D eigenvalue weighted by molar-refractivity contribution is -0.144. The highest BCUT2D eigenvalue weighted by Gasteiger charge is 2.73. The maximum absolute atomic E-state index is 14.4. The Kier molecular flexibility index (Phi) is 6.90. The smallest absolute Gasteiger partial charge is 0.246 e. The zero-order valence-electron chi connectivity index (χ0n) is 23.2. The molecule has 3 amide bonds. The quantitative estimate of drug-likeness (QED) is 0.510. The Morgan fingerprint density at radius 3 is 2.60 bits per heavy atom. The summed E-state index contributed by atoms with van der Waals surface area (Å²) in [4.78, 5) is 43.9. The van der Waals surface area contributed by atoms with Crippen molar-refractivity contribution >= 4 is 23.4 Å². The van der Waals surface area contributed by atoms with Crippen LogP contribution in [0.4, 0.5) is 5.69 Å². The predicted octanol–water partition coefficient (Wildman–Crippen LogP) is 4.24. The number of amides is 3. The van der Waals surface area contributed by atoms with Gasteiger partial charge in [-0.3, -0.25) is 14.4 Å². The second kappa shape index (κ2) is 10.4. The van der Waals surface area contributed by atoms with Gasteiger partial charge in [-0.25, -0.2) is 0 Å². The molecule has 0 aromatic heterocycles. The minimum atomic E-state index is -1.21. The molecule has 2 aromatic rings. The Morgan fingerprint density at radius 2 is 1.85 bits per heavy atom. The molecule has 1 saturated carbocycles. The van der Waals surface area contributed by atoms with Gasteiger partial charge in [0.1, 0.15) is 17.4 Å². The molecule has 0 unspecified atom stereocenters. The number of methoxy groups -OCH3 is 1. The van der Waals surface area contributed by atoms with Crippen LogP contribution >= 0.6 is 0 Å². The maximum atomic E-state index is 14.4. The summed E-state index contributed by atoms with van der Waals surface area (Å²) in [5.74, 6) is -1.34. The normalized spacial score (nSPS) is 33.0. The number of carbonyl (C=O) groups excluding carboxylic acids is 3. The third-order valence-electron chi connectivity index (χ3n) is 9.34. The Hall–Kier alpha value is -3.65. The molecule has 3 aliphatic heterocycles. The highest BCUT2D eigenvalue weighted by Crippen LogP contribution is 2.56. The summed E-state index contributed by atoms with van der Waals surface area (Å²) >= 11 is 0. The third-order valence-corrected chi connectivity index (χ3v) is 9.34. The molecule has 6 rings (SSSR count). The molecule has 1 aliphatic carbocycles. The molecule has 40 heavy (non-hydrogen) atoms. The van der Waals surface area contributed by atoms with E-state index in [1.54, 1.807) is 36.3 Å². The zero-order valence-corrected chi connectivity index (χ0v) is 23.2. The predicted molar refractivity (Wildman–Crippen MR) is 150 cm³/mol. The van der Waals surface area contributed by atoms with Gasteiger partial charge in [0.25, 0.3) is 0 Å². The van der Waals surface area contributed by atoms with Crippen LogP contribution in [0.25, 0.3) is 0 Å². The first kappa shape index (κ1) is 26.6. The summed E-state index contributed by atoms with van der Waals surface area (Å²) in [6, 6.07) is 15.6. The standard InChI is InChI=1S/C32H37N3O5/c1-19-10-7-8-15-24(19)34-30(37)28-32-17-16-25(40-32)26(29(36)33-22-13-9-14-23(18-22)39-3)27(32)31(38)35(28)20(2)21-11-5-4-6-12-21/h4-6,9,11-14,16-20,24-28H,7-8,10,15H2,1-3H3,(H,33,36)(H,34,37)/t19-,20+,24+,25-,26+,27-,28-,32-/m0/s1. The molecule has 2 N–H and O–H groups in total. The van der Waals surface area contributed by atoms with Gasteiger partial charge in [0.05, 0.1) is 31.1 Å². The molecule has 210 valence electrons. The van der Waals surface area contributed by atoms with E-state index in [1.807, 2.05) is 49.4 Å². The fourth-order valence-corrected chi connectivity index (χ4v) is 7.23. The van der Waals surface area contributed by atoms with Crippen molar-refractivity contribution in [1.29, 1.82) is 0 Å². The summed E-state index contributed by atoms with van der Waals surface area (Å²) in [5.41, 5.74) is 0.293. The fourth-order valence-electron chi connectivity index (χ4n) is 7.23. The monoisotopic (exact) mass is 543 g/mol. The SMILES string of the molecule is COc1cccc(NC(=O)[C@@H]2[C@@H]3C=C[C@]4(O3)[C@@H]2C(=O)N([C@H](C)c2ccccc2)[C@H]4C(=O)N[C@@H]2CCCC[C@@H]2C)c1. The van der Waals surface area contributed by atoms with E-state index in [0.29, 0.717) is 17.4 Å². The topological polar surface area (TPSA) is 97.0 Å². The van der Waals surface area contributed by atoms with Crippen LogP contribution in [0.15, 0.2) is 66.7 Å². The molecule has 3 fully saturated rings. The van der Waals surface area contributed by atoms with Crippen LogP contribution in [0.2, 0.25) is 0 Å². The molecule has 2 saturated heterocycles. The number of fused-ring (bicyclic) bond motifs is 1. The van der Waals surface area contributed by atoms with Gasteiger partial charge in [0, 0.05) is 17.8 Å². The van der Waals surface area contributed by atoms with Crippen LogP contribution in [0.5, 0.6) is 5.75 Å². The molecule has 8 heteroatoms. The molecule has 8 atom stereocenters. The first-order valence-electron chi connectivity index (χ1n) is 14.3. The van der Waals surface area contributed by atoms with E-state index in [1.165, 1.54) is 0 Å². The number of benzene rings is 2. The number of carbonyl (C=O) groups is 3. The highest BCUT2D eigenvalue weighted by atomic mass is 16.5.